The molecule has 0 unspecified atom stereocenters. The van der Waals surface area contributed by atoms with E-state index in [0.717, 1.165) is 16.7 Å². The van der Waals surface area contributed by atoms with Gasteiger partial charge in [-0.15, -0.1) is 0 Å². The largest absolute Gasteiger partial charge is 0.354 e. The van der Waals surface area contributed by atoms with Crippen LogP contribution in [-0.4, -0.2) is 10.1 Å². The van der Waals surface area contributed by atoms with Gasteiger partial charge >= 0.3 is 0 Å². The summed E-state index contributed by atoms with van der Waals surface area (Å²) in [5.41, 5.74) is 1.66. The van der Waals surface area contributed by atoms with Crippen LogP contribution in [0.15, 0.2) is 23.0 Å². The van der Waals surface area contributed by atoms with Gasteiger partial charge < -0.3 is 4.52 Å². The van der Waals surface area contributed by atoms with Crippen molar-refractivity contribution in [1.82, 2.24) is 10.1 Å². The molecule has 2 aromatic rings. The summed E-state index contributed by atoms with van der Waals surface area (Å²) in [6.45, 7) is 1.91. The molecule has 0 spiro atoms. The molecule has 0 aliphatic rings. The zero-order valence-corrected chi connectivity index (χ0v) is 5.53. The molecule has 0 aromatic carbocycles. The molecule has 2 heterocycles. The Morgan fingerprint density at radius 1 is 1.50 bits per heavy atom. The van der Waals surface area contributed by atoms with Gasteiger partial charge in [0.05, 0.1) is 11.9 Å². The van der Waals surface area contributed by atoms with E-state index in [1.54, 1.807) is 12.4 Å². The fourth-order valence-corrected chi connectivity index (χ4v) is 0.918. The minimum atomic E-state index is 0.750. The Hall–Kier alpha value is -1.38. The van der Waals surface area contributed by atoms with Crippen LogP contribution in [0.3, 0.4) is 0 Å². The summed E-state index contributed by atoms with van der Waals surface area (Å²) in [4.78, 5) is 3.89. The lowest BCUT2D eigenvalue weighted by atomic mass is 10.3. The topological polar surface area (TPSA) is 38.9 Å². The molecule has 0 aliphatic carbocycles. The molecule has 10 heavy (non-hydrogen) atoms. The van der Waals surface area contributed by atoms with E-state index in [4.69, 9.17) is 4.52 Å². The molecule has 0 saturated heterocycles. The molecule has 0 fully saturated rings. The first-order valence-electron chi connectivity index (χ1n) is 3.04. The van der Waals surface area contributed by atoms with Gasteiger partial charge in [-0.2, -0.15) is 0 Å². The monoisotopic (exact) mass is 134 g/mol. The Labute approximate surface area is 57.7 Å². The van der Waals surface area contributed by atoms with Crippen LogP contribution in [-0.2, 0) is 0 Å². The maximum absolute atomic E-state index is 4.94. The van der Waals surface area contributed by atoms with E-state index in [2.05, 4.69) is 10.1 Å². The summed E-state index contributed by atoms with van der Waals surface area (Å²) < 4.78 is 4.94. The Bertz CT molecular complexity index is 353. The third-order valence-electron chi connectivity index (χ3n) is 1.46. The molecule has 50 valence electrons. The predicted molar refractivity (Wildman–Crippen MR) is 36.5 cm³/mol. The molecule has 2 aromatic heterocycles. The summed E-state index contributed by atoms with van der Waals surface area (Å²) >= 11 is 0. The Morgan fingerprint density at radius 2 is 2.40 bits per heavy atom. The third-order valence-corrected chi connectivity index (χ3v) is 1.46. The first-order chi connectivity index (χ1) is 4.88. The molecule has 0 N–H and O–H groups in total. The average Bonchev–Trinajstić information content (AvgIpc) is 2.34. The van der Waals surface area contributed by atoms with Crippen molar-refractivity contribution in [3.63, 3.8) is 0 Å². The van der Waals surface area contributed by atoms with Crippen molar-refractivity contribution in [2.75, 3.05) is 0 Å². The summed E-state index contributed by atoms with van der Waals surface area (Å²) in [5, 5.41) is 4.82. The van der Waals surface area contributed by atoms with Gasteiger partial charge in [0.1, 0.15) is 0 Å². The highest BCUT2D eigenvalue weighted by atomic mass is 16.5. The maximum Gasteiger partial charge on any atom is 0.185 e. The van der Waals surface area contributed by atoms with E-state index in [1.807, 2.05) is 13.0 Å². The lowest BCUT2D eigenvalue weighted by Gasteiger charge is -1.81. The van der Waals surface area contributed by atoms with Crippen LogP contribution in [0.1, 0.15) is 5.69 Å². The molecule has 3 heteroatoms. The predicted octanol–water partition coefficient (Wildman–Crippen LogP) is 1.53. The van der Waals surface area contributed by atoms with E-state index < -0.39 is 0 Å². The Kier molecular flexibility index (Phi) is 0.974. The van der Waals surface area contributed by atoms with Crippen LogP contribution >= 0.6 is 0 Å². The normalized spacial score (nSPS) is 10.5. The smallest absolute Gasteiger partial charge is 0.185 e. The second-order valence-corrected chi connectivity index (χ2v) is 2.14. The highest BCUT2D eigenvalue weighted by molar-refractivity contribution is 5.77. The van der Waals surface area contributed by atoms with Crippen molar-refractivity contribution in [3.8, 4) is 0 Å². The zero-order valence-electron chi connectivity index (χ0n) is 5.53. The molecule has 0 atom stereocenters. The summed E-state index contributed by atoms with van der Waals surface area (Å²) in [6.07, 6.45) is 3.39. The third kappa shape index (κ3) is 0.603. The molecule has 3 nitrogen and oxygen atoms in total. The number of fused-ring (bicyclic) bond motifs is 1. The Balaban J connectivity index is 2.93. The minimum absolute atomic E-state index is 0.750. The number of hydrogen-bond donors (Lipinski definition) is 0. The second-order valence-electron chi connectivity index (χ2n) is 2.14. The molecular weight excluding hydrogens is 128 g/mol. The van der Waals surface area contributed by atoms with Gasteiger partial charge in [0, 0.05) is 11.6 Å². The van der Waals surface area contributed by atoms with Gasteiger partial charge in [0.25, 0.3) is 0 Å². The molecule has 0 saturated carbocycles. The van der Waals surface area contributed by atoms with E-state index in [0.29, 0.717) is 0 Å². The summed E-state index contributed by atoms with van der Waals surface area (Å²) in [7, 11) is 0. The lowest BCUT2D eigenvalue weighted by Crippen LogP contribution is -1.70. The van der Waals surface area contributed by atoms with E-state index >= 15 is 0 Å². The van der Waals surface area contributed by atoms with Crippen LogP contribution in [0, 0.1) is 6.92 Å². The first kappa shape index (κ1) is 5.41. The first-order valence-corrected chi connectivity index (χ1v) is 3.04. The van der Waals surface area contributed by atoms with Crippen molar-refractivity contribution < 1.29 is 4.52 Å². The molecular formula is C7H6N2O. The van der Waals surface area contributed by atoms with Gasteiger partial charge in [0.2, 0.25) is 0 Å². The molecule has 0 bridgehead atoms. The van der Waals surface area contributed by atoms with Crippen molar-refractivity contribution in [2.45, 2.75) is 6.92 Å². The Morgan fingerprint density at radius 3 is 3.20 bits per heavy atom. The van der Waals surface area contributed by atoms with Gasteiger partial charge in [0.15, 0.2) is 5.58 Å². The van der Waals surface area contributed by atoms with E-state index in [-0.39, 0.29) is 0 Å². The van der Waals surface area contributed by atoms with E-state index in [9.17, 15) is 0 Å². The highest BCUT2D eigenvalue weighted by Crippen LogP contribution is 2.14. The van der Waals surface area contributed by atoms with Crippen molar-refractivity contribution in [3.05, 3.63) is 24.2 Å². The number of rotatable bonds is 0. The fourth-order valence-electron chi connectivity index (χ4n) is 0.918. The van der Waals surface area contributed by atoms with E-state index in [1.165, 1.54) is 0 Å². The number of aromatic nitrogens is 2. The molecule has 0 aliphatic heterocycles. The average molecular weight is 134 g/mol. The maximum atomic E-state index is 4.94. The zero-order chi connectivity index (χ0) is 6.97. The van der Waals surface area contributed by atoms with Crippen LogP contribution < -0.4 is 0 Å². The van der Waals surface area contributed by atoms with Gasteiger partial charge in [-0.3, -0.25) is 4.98 Å². The van der Waals surface area contributed by atoms with Crippen molar-refractivity contribution in [2.24, 2.45) is 0 Å². The minimum Gasteiger partial charge on any atom is -0.354 e. The van der Waals surface area contributed by atoms with Crippen LogP contribution in [0.2, 0.25) is 0 Å². The molecule has 0 amide bonds. The number of nitrogens with zero attached hydrogens (tertiary/aromatic N) is 2. The summed E-state index contributed by atoms with van der Waals surface area (Å²) in [5.74, 6) is 0. The van der Waals surface area contributed by atoms with Crippen molar-refractivity contribution >= 4 is 11.0 Å². The number of hydrogen-bond acceptors (Lipinski definition) is 3. The molecule has 2 rings (SSSR count). The number of aryl methyl sites for hydroxylation is 1. The summed E-state index contributed by atoms with van der Waals surface area (Å²) in [6, 6.07) is 1.89. The second kappa shape index (κ2) is 1.80. The quantitative estimate of drug-likeness (QED) is 0.548. The van der Waals surface area contributed by atoms with Gasteiger partial charge in [-0.05, 0) is 13.0 Å². The fraction of sp³-hybridized carbons (Fsp3) is 0.143. The highest BCUT2D eigenvalue weighted by Gasteiger charge is 2.00. The molecule has 0 radical (unpaired) electrons. The van der Waals surface area contributed by atoms with Crippen LogP contribution in [0.25, 0.3) is 11.0 Å². The van der Waals surface area contributed by atoms with Crippen LogP contribution in [0.4, 0.5) is 0 Å². The van der Waals surface area contributed by atoms with Crippen LogP contribution in [0.5, 0.6) is 0 Å². The lowest BCUT2D eigenvalue weighted by molar-refractivity contribution is 0.449. The van der Waals surface area contributed by atoms with Gasteiger partial charge in [-0.1, -0.05) is 5.16 Å². The van der Waals surface area contributed by atoms with Crippen molar-refractivity contribution in [1.29, 1.82) is 0 Å². The standard InChI is InChI=1S/C7H6N2O/c1-5-6-2-3-8-4-7(6)10-9-5/h2-4H,1H3. The SMILES string of the molecule is Cc1noc2cnccc12. The van der Waals surface area contributed by atoms with Gasteiger partial charge in [-0.25, -0.2) is 0 Å². The number of pyridine rings is 1.